The maximum atomic E-state index is 12.9. The van der Waals surface area contributed by atoms with E-state index in [1.54, 1.807) is 6.07 Å². The summed E-state index contributed by atoms with van der Waals surface area (Å²) in [5.41, 5.74) is -0.0316. The Balaban J connectivity index is 1.86. The highest BCUT2D eigenvalue weighted by Gasteiger charge is 2.50. The minimum atomic E-state index is -5.61. The number of carbonyl (C=O) groups is 1. The molecule has 2 heterocycles. The monoisotopic (exact) mass is 431 g/mol. The van der Waals surface area contributed by atoms with E-state index in [9.17, 15) is 31.6 Å². The summed E-state index contributed by atoms with van der Waals surface area (Å²) < 4.78 is 59.1. The first-order valence-electron chi connectivity index (χ1n) is 8.40. The van der Waals surface area contributed by atoms with Crippen LogP contribution in [0.25, 0.3) is 5.76 Å². The van der Waals surface area contributed by atoms with Gasteiger partial charge in [0, 0.05) is 5.56 Å². The zero-order valence-electron chi connectivity index (χ0n) is 15.0. The van der Waals surface area contributed by atoms with Gasteiger partial charge in [0.05, 0.1) is 14.7 Å². The molecule has 0 saturated carbocycles. The van der Waals surface area contributed by atoms with Crippen LogP contribution in [0.4, 0.5) is 0 Å². The van der Waals surface area contributed by atoms with Crippen LogP contribution in [-0.2, 0) is 19.5 Å². The fourth-order valence-corrected chi connectivity index (χ4v) is 7.03. The van der Waals surface area contributed by atoms with Crippen molar-refractivity contribution in [1.29, 1.82) is 0 Å². The SMILES string of the molecule is CC(=CC1=C([O-])c2ccccc2S1(=O)=O)C=C1C(=O)c2ccccc2S1(=O)(O)O. The number of fused-ring (bicyclic) bond motifs is 2. The molecule has 7 nitrogen and oxygen atoms in total. The molecule has 0 atom stereocenters. The second-order valence-corrected chi connectivity index (χ2v) is 11.3. The number of hydrogen-bond acceptors (Lipinski definition) is 5. The maximum absolute atomic E-state index is 12.9. The Hall–Kier alpha value is -2.85. The van der Waals surface area contributed by atoms with Gasteiger partial charge in [0.1, 0.15) is 14.5 Å². The van der Waals surface area contributed by atoms with Crippen molar-refractivity contribution in [3.8, 4) is 0 Å². The Morgan fingerprint density at radius 3 is 2.24 bits per heavy atom. The molecule has 9 heteroatoms. The fraction of sp³-hybridized carbons (Fsp3) is 0.0500. The van der Waals surface area contributed by atoms with Crippen molar-refractivity contribution < 1.29 is 31.6 Å². The van der Waals surface area contributed by atoms with Gasteiger partial charge in [0.25, 0.3) is 0 Å². The van der Waals surface area contributed by atoms with E-state index in [-0.39, 0.29) is 21.6 Å². The highest BCUT2D eigenvalue weighted by molar-refractivity contribution is 8.15. The van der Waals surface area contributed by atoms with E-state index < -0.39 is 45.7 Å². The third-order valence-corrected chi connectivity index (χ3v) is 8.86. The molecule has 2 aliphatic heterocycles. The van der Waals surface area contributed by atoms with E-state index >= 15 is 0 Å². The van der Waals surface area contributed by atoms with Gasteiger partial charge in [0.15, 0.2) is 0 Å². The maximum Gasteiger partial charge on any atom is 0.206 e. The van der Waals surface area contributed by atoms with Crippen LogP contribution in [0.5, 0.6) is 0 Å². The Bertz CT molecular complexity index is 1370. The summed E-state index contributed by atoms with van der Waals surface area (Å²) in [6, 6.07) is 11.1. The van der Waals surface area contributed by atoms with Crippen molar-refractivity contribution in [2.45, 2.75) is 16.7 Å². The van der Waals surface area contributed by atoms with Gasteiger partial charge in [-0.05, 0) is 48.4 Å². The molecule has 2 N–H and O–H groups in total. The van der Waals surface area contributed by atoms with Crippen molar-refractivity contribution in [3.05, 3.63) is 87.2 Å². The van der Waals surface area contributed by atoms with E-state index in [1.807, 2.05) is 0 Å². The lowest BCUT2D eigenvalue weighted by Gasteiger charge is -2.27. The molecule has 0 saturated heterocycles. The van der Waals surface area contributed by atoms with E-state index in [4.69, 9.17) is 0 Å². The van der Waals surface area contributed by atoms with Crippen molar-refractivity contribution >= 4 is 31.0 Å². The van der Waals surface area contributed by atoms with Crippen molar-refractivity contribution in [2.24, 2.45) is 0 Å². The molecule has 0 bridgehead atoms. The molecule has 150 valence electrons. The topological polar surface area (TPSA) is 132 Å². The minimum absolute atomic E-state index is 0.0369. The van der Waals surface area contributed by atoms with Crippen molar-refractivity contribution in [3.63, 3.8) is 0 Å². The van der Waals surface area contributed by atoms with Gasteiger partial charge in [-0.3, -0.25) is 4.79 Å². The highest BCUT2D eigenvalue weighted by Crippen LogP contribution is 2.47. The van der Waals surface area contributed by atoms with Crippen LogP contribution in [0.15, 0.2) is 85.9 Å². The first-order valence-corrected chi connectivity index (χ1v) is 11.8. The van der Waals surface area contributed by atoms with Gasteiger partial charge in [-0.2, -0.15) is 0 Å². The number of allylic oxidation sites excluding steroid dienone is 4. The quantitative estimate of drug-likeness (QED) is 0.698. The van der Waals surface area contributed by atoms with Crippen LogP contribution < -0.4 is 5.11 Å². The average Bonchev–Trinajstić information content (AvgIpc) is 2.95. The molecule has 0 fully saturated rings. The Morgan fingerprint density at radius 2 is 1.62 bits per heavy atom. The lowest BCUT2D eigenvalue weighted by atomic mass is 10.1. The molecular formula is C20H15O7S2-. The van der Waals surface area contributed by atoms with Crippen LogP contribution in [0.2, 0.25) is 0 Å². The fourth-order valence-electron chi connectivity index (χ4n) is 3.43. The molecule has 0 unspecified atom stereocenters. The number of sulfone groups is 1. The molecule has 0 aromatic heterocycles. The third kappa shape index (κ3) is 2.66. The number of benzene rings is 2. The molecular weight excluding hydrogens is 416 g/mol. The predicted molar refractivity (Wildman–Crippen MR) is 105 cm³/mol. The van der Waals surface area contributed by atoms with Crippen LogP contribution in [0.3, 0.4) is 0 Å². The summed E-state index contributed by atoms with van der Waals surface area (Å²) in [5.74, 6) is -1.55. The van der Waals surface area contributed by atoms with Gasteiger partial charge in [0.2, 0.25) is 15.6 Å². The highest BCUT2D eigenvalue weighted by atomic mass is 32.3. The van der Waals surface area contributed by atoms with E-state index in [0.717, 1.165) is 12.2 Å². The van der Waals surface area contributed by atoms with Crippen LogP contribution in [-0.4, -0.2) is 27.5 Å². The van der Waals surface area contributed by atoms with Crippen LogP contribution in [0.1, 0.15) is 22.8 Å². The van der Waals surface area contributed by atoms with Gasteiger partial charge in [-0.15, -0.1) is 0 Å². The molecule has 29 heavy (non-hydrogen) atoms. The first kappa shape index (κ1) is 19.5. The summed E-state index contributed by atoms with van der Waals surface area (Å²) in [5, 5.41) is 12.5. The lowest BCUT2D eigenvalue weighted by Crippen LogP contribution is -2.31. The zero-order chi connectivity index (χ0) is 21.2. The number of ketones is 1. The summed E-state index contributed by atoms with van der Waals surface area (Å²) in [7, 11) is -9.66. The predicted octanol–water partition coefficient (Wildman–Crippen LogP) is 2.35. The van der Waals surface area contributed by atoms with Crippen LogP contribution in [0, 0.1) is 0 Å². The molecule has 2 aliphatic rings. The summed E-state index contributed by atoms with van der Waals surface area (Å²) in [4.78, 5) is 10.8. The smallest absolute Gasteiger partial charge is 0.206 e. The standard InChI is InChI=1S/C20H16O7S2/c1-12(10-16-19(21)13-6-2-4-8-15(13)28(16,23)24)11-18-20(22)14-7-3-5-9-17(14)29(18,25,26)27/h2-11,21H,1H3,(H2,25,26,27)/p-1. The first-order chi connectivity index (χ1) is 13.4. The average molecular weight is 431 g/mol. The Morgan fingerprint density at radius 1 is 1.03 bits per heavy atom. The third-order valence-electron chi connectivity index (χ3n) is 4.80. The van der Waals surface area contributed by atoms with Gasteiger partial charge in [-0.25, -0.2) is 12.6 Å². The molecule has 0 amide bonds. The lowest BCUT2D eigenvalue weighted by molar-refractivity contribution is -0.244. The number of hydrogen-bond donors (Lipinski definition) is 2. The molecule has 0 aliphatic carbocycles. The largest absolute Gasteiger partial charge is 0.871 e. The molecule has 4 rings (SSSR count). The van der Waals surface area contributed by atoms with Crippen molar-refractivity contribution in [1.82, 2.24) is 0 Å². The Kier molecular flexibility index (Phi) is 3.91. The minimum Gasteiger partial charge on any atom is -0.871 e. The summed E-state index contributed by atoms with van der Waals surface area (Å²) >= 11 is 0. The number of rotatable bonds is 2. The molecule has 0 spiro atoms. The molecule has 2 aromatic carbocycles. The summed E-state index contributed by atoms with van der Waals surface area (Å²) in [6.45, 7) is 1.37. The van der Waals surface area contributed by atoms with Gasteiger partial charge < -0.3 is 14.2 Å². The molecule has 2 aromatic rings. The second-order valence-electron chi connectivity index (χ2n) is 6.78. The van der Waals surface area contributed by atoms with Crippen molar-refractivity contribution in [2.75, 3.05) is 0 Å². The van der Waals surface area contributed by atoms with E-state index in [2.05, 4.69) is 0 Å². The normalized spacial score (nSPS) is 24.1. The van der Waals surface area contributed by atoms with Gasteiger partial charge in [-0.1, -0.05) is 36.1 Å². The van der Waals surface area contributed by atoms with Crippen LogP contribution >= 0.6 is 0 Å². The Labute approximate surface area is 166 Å². The number of Topliss-reactive ketones (excluding diaryl/α,β-unsaturated/α-hetero) is 1. The second kappa shape index (κ2) is 5.83. The van der Waals surface area contributed by atoms with E-state index in [1.165, 1.54) is 49.4 Å². The zero-order valence-corrected chi connectivity index (χ0v) is 16.7. The van der Waals surface area contributed by atoms with Gasteiger partial charge >= 0.3 is 0 Å². The summed E-state index contributed by atoms with van der Waals surface area (Å²) in [6.07, 6.45) is 1.97. The number of carbonyl (C=O) groups excluding carboxylic acids is 1. The molecule has 0 radical (unpaired) electrons. The van der Waals surface area contributed by atoms with E-state index in [0.29, 0.717) is 0 Å².